The van der Waals surface area contributed by atoms with Crippen LogP contribution in [0.15, 0.2) is 48.8 Å². The van der Waals surface area contributed by atoms with Crippen LogP contribution in [-0.4, -0.2) is 17.2 Å². The second-order valence-electron chi connectivity index (χ2n) is 3.76. The van der Waals surface area contributed by atoms with Crippen LogP contribution in [0.4, 0.5) is 4.39 Å². The van der Waals surface area contributed by atoms with Gasteiger partial charge < -0.3 is 10.0 Å². The fourth-order valence-electron chi connectivity index (χ4n) is 1.70. The first-order chi connectivity index (χ1) is 8.16. The van der Waals surface area contributed by atoms with Crippen molar-refractivity contribution in [1.29, 1.82) is 0 Å². The summed E-state index contributed by atoms with van der Waals surface area (Å²) in [6.45, 7) is 0.394. The lowest BCUT2D eigenvalue weighted by Gasteiger charge is -2.06. The van der Waals surface area contributed by atoms with Crippen molar-refractivity contribution in [2.45, 2.75) is 6.54 Å². The van der Waals surface area contributed by atoms with Gasteiger partial charge in [0.15, 0.2) is 18.9 Å². The smallest absolute Gasteiger partial charge is 0.423 e. The van der Waals surface area contributed by atoms with Gasteiger partial charge in [0.05, 0.1) is 0 Å². The van der Waals surface area contributed by atoms with Gasteiger partial charge in [-0.1, -0.05) is 12.1 Å². The molecule has 0 fully saturated rings. The minimum atomic E-state index is -1.59. The van der Waals surface area contributed by atoms with Crippen molar-refractivity contribution in [2.24, 2.45) is 0 Å². The zero-order chi connectivity index (χ0) is 12.3. The Kier molecular flexibility index (Phi) is 3.51. The molecule has 17 heavy (non-hydrogen) atoms. The Hall–Kier alpha value is -1.72. The number of nitrogens with zero attached hydrogens (tertiary/aromatic N) is 1. The maximum absolute atomic E-state index is 13.1. The largest absolute Gasteiger partial charge is 0.488 e. The summed E-state index contributed by atoms with van der Waals surface area (Å²) < 4.78 is 15.0. The van der Waals surface area contributed by atoms with E-state index in [0.717, 1.165) is 0 Å². The van der Waals surface area contributed by atoms with Crippen LogP contribution in [-0.2, 0) is 6.54 Å². The normalized spacial score (nSPS) is 10.3. The molecule has 0 aliphatic rings. The number of pyridine rings is 1. The summed E-state index contributed by atoms with van der Waals surface area (Å²) in [4.78, 5) is 0. The van der Waals surface area contributed by atoms with Crippen molar-refractivity contribution in [3.05, 3.63) is 60.2 Å². The summed E-state index contributed by atoms with van der Waals surface area (Å²) >= 11 is 0. The van der Waals surface area contributed by atoms with Crippen LogP contribution in [0.5, 0.6) is 0 Å². The van der Waals surface area contributed by atoms with Gasteiger partial charge in [0, 0.05) is 17.7 Å². The lowest BCUT2D eigenvalue weighted by Crippen LogP contribution is -2.40. The molecule has 2 aromatic rings. The number of aromatic nitrogens is 1. The predicted molar refractivity (Wildman–Crippen MR) is 62.0 cm³/mol. The van der Waals surface area contributed by atoms with E-state index in [2.05, 4.69) is 0 Å². The molecule has 1 aromatic heterocycles. The second-order valence-corrected chi connectivity index (χ2v) is 3.76. The van der Waals surface area contributed by atoms with Crippen LogP contribution in [0.1, 0.15) is 5.56 Å². The van der Waals surface area contributed by atoms with E-state index in [4.69, 9.17) is 0 Å². The summed E-state index contributed by atoms with van der Waals surface area (Å²) in [6.07, 6.45) is 3.66. The first kappa shape index (κ1) is 11.8. The highest BCUT2D eigenvalue weighted by Gasteiger charge is 2.18. The third-order valence-electron chi connectivity index (χ3n) is 2.51. The highest BCUT2D eigenvalue weighted by molar-refractivity contribution is 6.59. The standard InChI is InChI=1S/C12H12BFNO2/c14-11-4-5-12(13(16)17)10(8-11)9-15-6-2-1-3-7-15/h1-8,16-17H,9H2/q+1. The van der Waals surface area contributed by atoms with Gasteiger partial charge in [0.25, 0.3) is 0 Å². The molecule has 86 valence electrons. The Morgan fingerprint density at radius 3 is 2.47 bits per heavy atom. The summed E-state index contributed by atoms with van der Waals surface area (Å²) in [5, 5.41) is 18.4. The Balaban J connectivity index is 2.34. The zero-order valence-corrected chi connectivity index (χ0v) is 9.12. The molecular weight excluding hydrogens is 220 g/mol. The van der Waals surface area contributed by atoms with Crippen molar-refractivity contribution in [3.8, 4) is 0 Å². The lowest BCUT2D eigenvalue weighted by molar-refractivity contribution is -0.688. The molecule has 5 heteroatoms. The fourth-order valence-corrected chi connectivity index (χ4v) is 1.70. The Bertz CT molecular complexity index is 505. The Labute approximate surface area is 98.9 Å². The molecule has 0 aliphatic heterocycles. The predicted octanol–water partition coefficient (Wildman–Crippen LogP) is -0.159. The molecule has 0 aliphatic carbocycles. The molecule has 0 radical (unpaired) electrons. The monoisotopic (exact) mass is 232 g/mol. The highest BCUT2D eigenvalue weighted by Crippen LogP contribution is 2.02. The van der Waals surface area contributed by atoms with E-state index in [0.29, 0.717) is 17.6 Å². The topological polar surface area (TPSA) is 44.3 Å². The molecular formula is C12H12BFNO2+. The SMILES string of the molecule is OB(O)c1ccc(F)cc1C[n+]1ccccc1. The Morgan fingerprint density at radius 2 is 1.82 bits per heavy atom. The summed E-state index contributed by atoms with van der Waals surface area (Å²) in [5.41, 5.74) is 0.874. The van der Waals surface area contributed by atoms with Gasteiger partial charge >= 0.3 is 7.12 Å². The highest BCUT2D eigenvalue weighted by atomic mass is 19.1. The van der Waals surface area contributed by atoms with Crippen molar-refractivity contribution in [1.82, 2.24) is 0 Å². The van der Waals surface area contributed by atoms with Gasteiger partial charge in [-0.2, -0.15) is 0 Å². The third kappa shape index (κ3) is 2.90. The molecule has 0 bridgehead atoms. The van der Waals surface area contributed by atoms with E-state index in [1.165, 1.54) is 18.2 Å². The molecule has 3 nitrogen and oxygen atoms in total. The quantitative estimate of drug-likeness (QED) is 0.570. The molecule has 1 aromatic carbocycles. The van der Waals surface area contributed by atoms with E-state index < -0.39 is 7.12 Å². The molecule has 0 saturated heterocycles. The van der Waals surface area contributed by atoms with E-state index in [1.807, 2.05) is 35.2 Å². The van der Waals surface area contributed by atoms with Crippen LogP contribution in [0.2, 0.25) is 0 Å². The Morgan fingerprint density at radius 1 is 1.12 bits per heavy atom. The van der Waals surface area contributed by atoms with Crippen molar-refractivity contribution >= 4 is 12.6 Å². The number of benzene rings is 1. The first-order valence-corrected chi connectivity index (χ1v) is 5.25. The number of hydrogen-bond acceptors (Lipinski definition) is 2. The van der Waals surface area contributed by atoms with Crippen molar-refractivity contribution in [3.63, 3.8) is 0 Å². The molecule has 0 spiro atoms. The van der Waals surface area contributed by atoms with Gasteiger partial charge in [-0.05, 0) is 17.6 Å². The molecule has 2 rings (SSSR count). The van der Waals surface area contributed by atoms with Gasteiger partial charge in [0.2, 0.25) is 0 Å². The maximum atomic E-state index is 13.1. The lowest BCUT2D eigenvalue weighted by atomic mass is 9.77. The van der Waals surface area contributed by atoms with Crippen LogP contribution < -0.4 is 10.0 Å². The van der Waals surface area contributed by atoms with Crippen LogP contribution in [0.25, 0.3) is 0 Å². The first-order valence-electron chi connectivity index (χ1n) is 5.25. The van der Waals surface area contributed by atoms with Gasteiger partial charge in [-0.3, -0.25) is 0 Å². The summed E-state index contributed by atoms with van der Waals surface area (Å²) in [6, 6.07) is 9.51. The third-order valence-corrected chi connectivity index (χ3v) is 2.51. The second kappa shape index (κ2) is 5.08. The molecule has 0 amide bonds. The van der Waals surface area contributed by atoms with Gasteiger partial charge in [0.1, 0.15) is 5.82 Å². The average Bonchev–Trinajstić information content (AvgIpc) is 2.30. The fraction of sp³-hybridized carbons (Fsp3) is 0.0833. The van der Waals surface area contributed by atoms with E-state index in [9.17, 15) is 14.4 Å². The number of halogens is 1. The van der Waals surface area contributed by atoms with Crippen LogP contribution in [0, 0.1) is 5.82 Å². The van der Waals surface area contributed by atoms with Crippen molar-refractivity contribution in [2.75, 3.05) is 0 Å². The number of hydrogen-bond donors (Lipinski definition) is 2. The molecule has 0 saturated carbocycles. The minimum Gasteiger partial charge on any atom is -0.423 e. The summed E-state index contributed by atoms with van der Waals surface area (Å²) in [5.74, 6) is -0.388. The number of rotatable bonds is 3. The molecule has 1 heterocycles. The molecule has 2 N–H and O–H groups in total. The van der Waals surface area contributed by atoms with Gasteiger partial charge in [-0.25, -0.2) is 8.96 Å². The molecule has 0 atom stereocenters. The van der Waals surface area contributed by atoms with E-state index in [1.54, 1.807) is 0 Å². The average molecular weight is 232 g/mol. The maximum Gasteiger partial charge on any atom is 0.488 e. The summed E-state index contributed by atoms with van der Waals surface area (Å²) in [7, 11) is -1.59. The van der Waals surface area contributed by atoms with Gasteiger partial charge in [-0.15, -0.1) is 0 Å². The van der Waals surface area contributed by atoms with Crippen LogP contribution in [0.3, 0.4) is 0 Å². The minimum absolute atomic E-state index is 0.322. The van der Waals surface area contributed by atoms with Crippen LogP contribution >= 0.6 is 0 Å². The van der Waals surface area contributed by atoms with Crippen molar-refractivity contribution < 1.29 is 19.0 Å². The van der Waals surface area contributed by atoms with E-state index in [-0.39, 0.29) is 5.82 Å². The zero-order valence-electron chi connectivity index (χ0n) is 9.12. The molecule has 0 unspecified atom stereocenters. The van der Waals surface area contributed by atoms with E-state index >= 15 is 0 Å².